The lowest BCUT2D eigenvalue weighted by Crippen LogP contribution is -1.47. The Bertz CT molecular complexity index is 91.8. The topological polar surface area (TPSA) is 0 Å². The number of hydrogen-bond acceptors (Lipinski definition) is 0. The fourth-order valence-corrected chi connectivity index (χ4v) is 0.385. The minimum absolute atomic E-state index is 0.535. The zero-order valence-electron chi connectivity index (χ0n) is 4.93. The summed E-state index contributed by atoms with van der Waals surface area (Å²) in [6, 6.07) is 12.0. The molecule has 1 aromatic carbocycles. The second kappa shape index (κ2) is 7.99. The zero-order chi connectivity index (χ0) is 6.95. The van der Waals surface area contributed by atoms with E-state index in [1.165, 1.54) is 0 Å². The second-order valence-electron chi connectivity index (χ2n) is 1.26. The van der Waals surface area contributed by atoms with Crippen molar-refractivity contribution in [2.24, 2.45) is 0 Å². The van der Waals surface area contributed by atoms with Gasteiger partial charge in [0.05, 0.1) is 4.79 Å². The summed E-state index contributed by atoms with van der Waals surface area (Å²) in [5.74, 6) is 0. The van der Waals surface area contributed by atoms with Gasteiger partial charge in [0.1, 0.15) is 0 Å². The van der Waals surface area contributed by atoms with Gasteiger partial charge in [0.15, 0.2) is 0 Å². The lowest BCUT2D eigenvalue weighted by atomic mass is 10.4. The van der Waals surface area contributed by atoms with E-state index in [1.807, 2.05) is 36.4 Å². The molecule has 0 amide bonds. The Morgan fingerprint density at radius 2 is 1.00 bits per heavy atom. The van der Waals surface area contributed by atoms with Crippen molar-refractivity contribution in [1.29, 1.82) is 0 Å². The van der Waals surface area contributed by atoms with Crippen LogP contribution in [0.5, 0.6) is 0 Å². The van der Waals surface area contributed by atoms with Crippen molar-refractivity contribution in [2.75, 3.05) is 4.79 Å². The molecule has 0 heterocycles. The molecule has 0 fully saturated rings. The van der Waals surface area contributed by atoms with Gasteiger partial charge in [0.25, 0.3) is 0 Å². The fraction of sp³-hybridized carbons (Fsp3) is 0.143. The molecule has 0 spiro atoms. The molecule has 9 heavy (non-hydrogen) atoms. The van der Waals surface area contributed by atoms with E-state index in [2.05, 4.69) is 15.9 Å². The lowest BCUT2D eigenvalue weighted by molar-refractivity contribution is 1.72. The molecule has 1 rings (SSSR count). The second-order valence-corrected chi connectivity index (χ2v) is 2.73. The Balaban J connectivity index is 0.000000187. The van der Waals surface area contributed by atoms with Crippen LogP contribution in [0.2, 0.25) is 0 Å². The number of alkyl halides is 2. The Morgan fingerprint density at radius 3 is 1.11 bits per heavy atom. The molecule has 2 heteroatoms. The van der Waals surface area contributed by atoms with Crippen LogP contribution < -0.4 is 0 Å². The van der Waals surface area contributed by atoms with Crippen molar-refractivity contribution in [3.8, 4) is 0 Å². The van der Waals surface area contributed by atoms with Crippen LogP contribution in [0.3, 0.4) is 0 Å². The number of hydrogen-bond donors (Lipinski definition) is 0. The van der Waals surface area contributed by atoms with Gasteiger partial charge in [-0.3, -0.25) is 0 Å². The first-order valence-electron chi connectivity index (χ1n) is 2.53. The normalized spacial score (nSPS) is 7.33. The smallest absolute Gasteiger partial charge is 0.0778 e. The average Bonchev–Trinajstić information content (AvgIpc) is 1.93. The third kappa shape index (κ3) is 7.99. The first kappa shape index (κ1) is 8.99. The molecule has 0 radical (unpaired) electrons. The van der Waals surface area contributed by atoms with Crippen molar-refractivity contribution in [1.82, 2.24) is 0 Å². The van der Waals surface area contributed by atoms with Crippen LogP contribution in [0, 0.1) is 0 Å². The Labute approximate surface area is 69.0 Å². The summed E-state index contributed by atoms with van der Waals surface area (Å²) in [6.45, 7) is 0. The van der Waals surface area contributed by atoms with E-state index >= 15 is 0 Å². The Morgan fingerprint density at radius 1 is 0.889 bits per heavy atom. The number of halogens is 2. The third-order valence-electron chi connectivity index (χ3n) is 0.667. The van der Waals surface area contributed by atoms with Gasteiger partial charge in [0, 0.05) is 0 Å². The molecular weight excluding hydrogens is 199 g/mol. The molecule has 50 valence electrons. The highest BCUT2D eigenvalue weighted by molar-refractivity contribution is 9.09. The highest BCUT2D eigenvalue weighted by Crippen LogP contribution is 1.80. The van der Waals surface area contributed by atoms with Gasteiger partial charge >= 0.3 is 0 Å². The number of benzene rings is 1. The summed E-state index contributed by atoms with van der Waals surface area (Å²) in [5.41, 5.74) is 0. The van der Waals surface area contributed by atoms with Gasteiger partial charge in [-0.15, -0.1) is 11.6 Å². The summed E-state index contributed by atoms with van der Waals surface area (Å²) in [5, 5.41) is 0. The minimum atomic E-state index is 0.535. The summed E-state index contributed by atoms with van der Waals surface area (Å²) < 4.78 is 0. The Kier molecular flexibility index (Phi) is 7.98. The van der Waals surface area contributed by atoms with Crippen LogP contribution in [0.15, 0.2) is 36.4 Å². The van der Waals surface area contributed by atoms with Gasteiger partial charge in [-0.2, -0.15) is 0 Å². The van der Waals surface area contributed by atoms with Gasteiger partial charge in [-0.25, -0.2) is 0 Å². The fourth-order valence-electron chi connectivity index (χ4n) is 0.385. The molecule has 0 bridgehead atoms. The van der Waals surface area contributed by atoms with Crippen molar-refractivity contribution < 1.29 is 0 Å². The van der Waals surface area contributed by atoms with E-state index in [0.717, 1.165) is 0 Å². The van der Waals surface area contributed by atoms with E-state index in [9.17, 15) is 0 Å². The third-order valence-corrected chi connectivity index (χ3v) is 0.667. The molecule has 0 saturated heterocycles. The van der Waals surface area contributed by atoms with Crippen molar-refractivity contribution in [3.63, 3.8) is 0 Å². The minimum Gasteiger partial charge on any atom is -0.114 e. The molecule has 0 nitrogen and oxygen atoms in total. The molecule has 0 N–H and O–H groups in total. The molecule has 1 aromatic rings. The molecule has 0 aliphatic heterocycles. The van der Waals surface area contributed by atoms with Crippen LogP contribution in [0.4, 0.5) is 0 Å². The SMILES string of the molecule is ClCBr.c1ccccc1. The van der Waals surface area contributed by atoms with Gasteiger partial charge in [-0.05, 0) is 0 Å². The van der Waals surface area contributed by atoms with E-state index in [1.54, 1.807) is 0 Å². The van der Waals surface area contributed by atoms with Crippen LogP contribution in [-0.2, 0) is 0 Å². The quantitative estimate of drug-likeness (QED) is 0.573. The summed E-state index contributed by atoms with van der Waals surface area (Å²) in [6.07, 6.45) is 0. The standard InChI is InChI=1S/C6H6.CH2BrCl/c1-2-4-6-5-3-1;2-1-3/h1-6H;1H2. The van der Waals surface area contributed by atoms with E-state index in [4.69, 9.17) is 11.6 Å². The molecule has 0 aromatic heterocycles. The first-order valence-corrected chi connectivity index (χ1v) is 4.19. The predicted octanol–water partition coefficient (Wildman–Crippen LogP) is 3.26. The number of rotatable bonds is 0. The maximum Gasteiger partial charge on any atom is 0.0778 e. The van der Waals surface area contributed by atoms with Crippen LogP contribution in [0.1, 0.15) is 0 Å². The van der Waals surface area contributed by atoms with E-state index in [0.29, 0.717) is 4.79 Å². The molecule has 0 saturated carbocycles. The summed E-state index contributed by atoms with van der Waals surface area (Å²) >= 11 is 7.83. The first-order chi connectivity index (χ1) is 4.41. The van der Waals surface area contributed by atoms with Crippen LogP contribution in [0.25, 0.3) is 0 Å². The van der Waals surface area contributed by atoms with E-state index < -0.39 is 0 Å². The molecule has 0 unspecified atom stereocenters. The van der Waals surface area contributed by atoms with Gasteiger partial charge in [-0.1, -0.05) is 52.3 Å². The maximum atomic E-state index is 4.92. The van der Waals surface area contributed by atoms with E-state index in [-0.39, 0.29) is 0 Å². The average molecular weight is 207 g/mol. The van der Waals surface area contributed by atoms with Crippen LogP contribution >= 0.6 is 27.5 Å². The molecule has 0 atom stereocenters. The highest BCUT2D eigenvalue weighted by Gasteiger charge is 1.57. The van der Waals surface area contributed by atoms with Gasteiger partial charge in [0.2, 0.25) is 0 Å². The zero-order valence-corrected chi connectivity index (χ0v) is 7.27. The van der Waals surface area contributed by atoms with Crippen molar-refractivity contribution in [3.05, 3.63) is 36.4 Å². The predicted molar refractivity (Wildman–Crippen MR) is 46.1 cm³/mol. The lowest BCUT2D eigenvalue weighted by Gasteiger charge is -1.69. The van der Waals surface area contributed by atoms with Crippen molar-refractivity contribution >= 4 is 27.5 Å². The summed E-state index contributed by atoms with van der Waals surface area (Å²) in [4.78, 5) is 0.535. The maximum absolute atomic E-state index is 4.92. The molecule has 0 aliphatic rings. The highest BCUT2D eigenvalue weighted by atomic mass is 79.9. The molecular formula is C7H8BrCl. The summed E-state index contributed by atoms with van der Waals surface area (Å²) in [7, 11) is 0. The van der Waals surface area contributed by atoms with Crippen molar-refractivity contribution in [2.45, 2.75) is 0 Å². The monoisotopic (exact) mass is 206 g/mol. The van der Waals surface area contributed by atoms with Gasteiger partial charge < -0.3 is 0 Å². The van der Waals surface area contributed by atoms with Crippen LogP contribution in [-0.4, -0.2) is 4.79 Å². The molecule has 0 aliphatic carbocycles. The Hall–Kier alpha value is -0.0100. The largest absolute Gasteiger partial charge is 0.114 e.